The number of aromatic nitrogens is 1. The zero-order valence-electron chi connectivity index (χ0n) is 20.6. The molecule has 0 bridgehead atoms. The summed E-state index contributed by atoms with van der Waals surface area (Å²) in [6.07, 6.45) is 0.932. The van der Waals surface area contributed by atoms with E-state index in [-0.39, 0.29) is 24.8 Å². The maximum Gasteiger partial charge on any atom is 0.143 e. The summed E-state index contributed by atoms with van der Waals surface area (Å²) in [6.45, 7) is 2.15. The third-order valence-electron chi connectivity index (χ3n) is 7.34. The van der Waals surface area contributed by atoms with Gasteiger partial charge in [-0.15, -0.1) is 0 Å². The van der Waals surface area contributed by atoms with Crippen LogP contribution in [0.25, 0.3) is 10.9 Å². The number of aliphatic hydroxyl groups is 1. The summed E-state index contributed by atoms with van der Waals surface area (Å²) in [4.78, 5) is 6.81. The average Bonchev–Trinajstić information content (AvgIpc) is 3.18. The van der Waals surface area contributed by atoms with Crippen LogP contribution >= 0.6 is 0 Å². The lowest BCUT2D eigenvalue weighted by Crippen LogP contribution is -2.54. The lowest BCUT2D eigenvalue weighted by atomic mass is 9.90. The van der Waals surface area contributed by atoms with Gasteiger partial charge in [-0.25, -0.2) is 17.6 Å². The minimum Gasteiger partial charge on any atom is -0.393 e. The van der Waals surface area contributed by atoms with Crippen LogP contribution < -0.4 is 5.32 Å². The van der Waals surface area contributed by atoms with E-state index in [1.807, 2.05) is 0 Å². The molecule has 37 heavy (non-hydrogen) atoms. The first-order chi connectivity index (χ1) is 17.7. The summed E-state index contributed by atoms with van der Waals surface area (Å²) >= 11 is 0. The first kappa shape index (κ1) is 25.9. The lowest BCUT2D eigenvalue weighted by molar-refractivity contribution is 0.0336. The summed E-state index contributed by atoms with van der Waals surface area (Å²) in [7, 11) is 0. The summed E-state index contributed by atoms with van der Waals surface area (Å²) in [5, 5.41) is 13.4. The molecule has 5 nitrogen and oxygen atoms in total. The number of nitrogens with zero attached hydrogens (tertiary/aromatic N) is 2. The van der Waals surface area contributed by atoms with Crippen molar-refractivity contribution in [3.8, 4) is 0 Å². The first-order valence-corrected chi connectivity index (χ1v) is 12.6. The molecule has 2 atom stereocenters. The molecule has 2 aromatic carbocycles. The molecule has 3 heterocycles. The highest BCUT2D eigenvalue weighted by atomic mass is 19.2. The Morgan fingerprint density at radius 1 is 1.14 bits per heavy atom. The van der Waals surface area contributed by atoms with Gasteiger partial charge in [0.2, 0.25) is 0 Å². The van der Waals surface area contributed by atoms with Crippen molar-refractivity contribution in [1.29, 1.82) is 0 Å². The molecule has 200 valence electrons. The monoisotopic (exact) mass is 522 g/mol. The van der Waals surface area contributed by atoms with Crippen molar-refractivity contribution in [3.63, 3.8) is 0 Å². The van der Waals surface area contributed by atoms with Crippen LogP contribution in [0.4, 0.5) is 27.6 Å². The number of halogens is 5. The third kappa shape index (κ3) is 5.19. The second kappa shape index (κ2) is 10.2. The van der Waals surface area contributed by atoms with Gasteiger partial charge in [0.15, 0.2) is 0 Å². The molecule has 1 fully saturated rings. The molecule has 0 unspecified atom stereocenters. The molecule has 2 aliphatic heterocycles. The van der Waals surface area contributed by atoms with Crippen LogP contribution in [0.3, 0.4) is 0 Å². The largest absolute Gasteiger partial charge is 0.393 e. The quantitative estimate of drug-likeness (QED) is 0.357. The van der Waals surface area contributed by atoms with Gasteiger partial charge in [-0.2, -0.15) is 0 Å². The van der Waals surface area contributed by atoms with Gasteiger partial charge in [0.1, 0.15) is 23.1 Å². The highest BCUT2D eigenvalue weighted by Crippen LogP contribution is 2.41. The summed E-state index contributed by atoms with van der Waals surface area (Å²) in [5.74, 6) is -2.01. The number of H-pyrrole nitrogens is 1. The van der Waals surface area contributed by atoms with Gasteiger partial charge in [0.25, 0.3) is 0 Å². The smallest absolute Gasteiger partial charge is 0.143 e. The van der Waals surface area contributed by atoms with Crippen LogP contribution in [0, 0.1) is 17.5 Å². The molecule has 5 rings (SSSR count). The van der Waals surface area contributed by atoms with Crippen LogP contribution in [0.15, 0.2) is 30.3 Å². The van der Waals surface area contributed by atoms with E-state index in [1.165, 1.54) is 31.2 Å². The van der Waals surface area contributed by atoms with Crippen molar-refractivity contribution < 1.29 is 27.1 Å². The van der Waals surface area contributed by atoms with E-state index >= 15 is 8.78 Å². The molecule has 3 N–H and O–H groups in total. The SMILES string of the molecule is C[C@@](F)(CO)CN1CCc2c([nH]c3cc(F)ccc23)[C@@H]1c1c(F)cc(NC2CN(CCCF)C2)cc1F. The fourth-order valence-electron chi connectivity index (χ4n) is 5.58. The zero-order valence-corrected chi connectivity index (χ0v) is 20.6. The Balaban J connectivity index is 1.48. The van der Waals surface area contributed by atoms with E-state index in [0.717, 1.165) is 10.9 Å². The van der Waals surface area contributed by atoms with E-state index in [0.29, 0.717) is 55.9 Å². The Labute approximate surface area is 212 Å². The Kier molecular flexibility index (Phi) is 7.17. The number of benzene rings is 2. The van der Waals surface area contributed by atoms with Crippen molar-refractivity contribution >= 4 is 16.6 Å². The molecule has 0 saturated carbocycles. The Bertz CT molecular complexity index is 1250. The number of hydrogen-bond donors (Lipinski definition) is 3. The van der Waals surface area contributed by atoms with Crippen molar-refractivity contribution in [2.75, 3.05) is 51.3 Å². The fourth-order valence-corrected chi connectivity index (χ4v) is 5.58. The number of fused-ring (bicyclic) bond motifs is 3. The number of likely N-dealkylation sites (tertiary alicyclic amines) is 1. The van der Waals surface area contributed by atoms with E-state index in [1.54, 1.807) is 11.0 Å². The fraction of sp³-hybridized carbons (Fsp3) is 0.481. The molecule has 1 aromatic heterocycles. The van der Waals surface area contributed by atoms with Gasteiger partial charge in [-0.1, -0.05) is 0 Å². The summed E-state index contributed by atoms with van der Waals surface area (Å²) in [5.41, 5.74) is -0.124. The summed E-state index contributed by atoms with van der Waals surface area (Å²) < 4.78 is 72.5. The van der Waals surface area contributed by atoms with Gasteiger partial charge in [-0.3, -0.25) is 14.2 Å². The highest BCUT2D eigenvalue weighted by molar-refractivity contribution is 5.85. The molecule has 10 heteroatoms. The maximum atomic E-state index is 15.6. The third-order valence-corrected chi connectivity index (χ3v) is 7.34. The predicted octanol–water partition coefficient (Wildman–Crippen LogP) is 4.71. The average molecular weight is 523 g/mol. The molecule has 2 aliphatic rings. The van der Waals surface area contributed by atoms with Gasteiger partial charge < -0.3 is 15.4 Å². The van der Waals surface area contributed by atoms with Crippen molar-refractivity contribution in [1.82, 2.24) is 14.8 Å². The zero-order chi connectivity index (χ0) is 26.3. The number of nitrogens with one attached hydrogen (secondary N) is 2. The van der Waals surface area contributed by atoms with Crippen molar-refractivity contribution in [2.45, 2.75) is 37.5 Å². The normalized spacial score (nSPS) is 20.6. The number of aromatic amines is 1. The van der Waals surface area contributed by atoms with Gasteiger partial charge >= 0.3 is 0 Å². The second-order valence-corrected chi connectivity index (χ2v) is 10.4. The lowest BCUT2D eigenvalue weighted by Gasteiger charge is -2.40. The molecular formula is C27H31F5N4O. The minimum atomic E-state index is -1.99. The van der Waals surface area contributed by atoms with Gasteiger partial charge in [0.05, 0.1) is 25.4 Å². The van der Waals surface area contributed by atoms with E-state index in [2.05, 4.69) is 15.2 Å². The molecule has 1 saturated heterocycles. The standard InChI is InChI=1S/C27H31F5N4O/c1-27(32,15-37)14-36-8-5-20-19-4-3-16(29)9-23(19)34-25(20)26(36)24-21(30)10-17(11-22(24)31)33-18-12-35(13-18)7-2-6-28/h3-4,9-11,18,26,33-34,37H,2,5-8,12-15H2,1H3/t26-,27-/m0/s1. The molecule has 0 spiro atoms. The molecule has 0 aliphatic carbocycles. The number of rotatable bonds is 9. The predicted molar refractivity (Wildman–Crippen MR) is 133 cm³/mol. The second-order valence-electron chi connectivity index (χ2n) is 10.4. The Morgan fingerprint density at radius 2 is 1.86 bits per heavy atom. The van der Waals surface area contributed by atoms with Crippen LogP contribution in [0.1, 0.15) is 36.2 Å². The van der Waals surface area contributed by atoms with E-state index < -0.39 is 35.8 Å². The van der Waals surface area contributed by atoms with Crippen molar-refractivity contribution in [2.24, 2.45) is 0 Å². The Hall–Kier alpha value is -2.69. The number of hydrogen-bond acceptors (Lipinski definition) is 4. The van der Waals surface area contributed by atoms with Crippen LogP contribution in [0.5, 0.6) is 0 Å². The number of anilines is 1. The minimum absolute atomic E-state index is 0.00226. The summed E-state index contributed by atoms with van der Waals surface area (Å²) in [6, 6.07) is 5.78. The number of alkyl halides is 2. The van der Waals surface area contributed by atoms with Gasteiger partial charge in [0, 0.05) is 60.6 Å². The van der Waals surface area contributed by atoms with E-state index in [9.17, 15) is 18.3 Å². The molecule has 0 amide bonds. The maximum absolute atomic E-state index is 15.6. The Morgan fingerprint density at radius 3 is 2.54 bits per heavy atom. The molecular weight excluding hydrogens is 491 g/mol. The highest BCUT2D eigenvalue weighted by Gasteiger charge is 2.39. The van der Waals surface area contributed by atoms with Crippen LogP contribution in [0.2, 0.25) is 0 Å². The van der Waals surface area contributed by atoms with E-state index in [4.69, 9.17) is 0 Å². The van der Waals surface area contributed by atoms with Crippen molar-refractivity contribution in [3.05, 3.63) is 64.6 Å². The molecule has 3 aromatic rings. The van der Waals surface area contributed by atoms with Gasteiger partial charge in [-0.05, 0) is 55.7 Å². The first-order valence-electron chi connectivity index (χ1n) is 12.6. The number of aliphatic hydroxyl groups excluding tert-OH is 1. The topological polar surface area (TPSA) is 54.5 Å². The van der Waals surface area contributed by atoms with Crippen LogP contribution in [-0.4, -0.2) is 77.6 Å². The molecule has 0 radical (unpaired) electrons. The van der Waals surface area contributed by atoms with Crippen LogP contribution in [-0.2, 0) is 6.42 Å².